The van der Waals surface area contributed by atoms with Gasteiger partial charge in [0.15, 0.2) is 0 Å². The number of rotatable bonds is 5. The van der Waals surface area contributed by atoms with Gasteiger partial charge in [0.25, 0.3) is 0 Å². The summed E-state index contributed by atoms with van der Waals surface area (Å²) in [7, 11) is 1.55. The van der Waals surface area contributed by atoms with Crippen LogP contribution in [0.25, 0.3) is 0 Å². The number of urea groups is 1. The standard InChI is InChI=1S/C20H19ClF3N3O2S/c1-26(19(29)25-14-8-6-13(7-9-14)20(22,23)24)10-11-27-17(28)12-30-18(27)15-4-2-3-5-16(15)21/h2-9,18H,10-12H2,1H3,(H,25,29). The Morgan fingerprint density at radius 1 is 1.23 bits per heavy atom. The molecule has 1 saturated heterocycles. The van der Waals surface area contributed by atoms with Gasteiger partial charge in [-0.05, 0) is 30.3 Å². The molecule has 0 aromatic heterocycles. The molecule has 1 heterocycles. The van der Waals surface area contributed by atoms with Crippen LogP contribution in [0.15, 0.2) is 48.5 Å². The monoisotopic (exact) mass is 457 g/mol. The van der Waals surface area contributed by atoms with Gasteiger partial charge in [-0.25, -0.2) is 4.79 Å². The van der Waals surface area contributed by atoms with E-state index in [0.29, 0.717) is 17.3 Å². The Morgan fingerprint density at radius 2 is 1.90 bits per heavy atom. The van der Waals surface area contributed by atoms with Crippen molar-refractivity contribution >= 4 is 41.0 Å². The van der Waals surface area contributed by atoms with Gasteiger partial charge in [-0.15, -0.1) is 11.8 Å². The van der Waals surface area contributed by atoms with Crippen molar-refractivity contribution in [2.45, 2.75) is 11.6 Å². The average molecular weight is 458 g/mol. The fraction of sp³-hybridized carbons (Fsp3) is 0.300. The summed E-state index contributed by atoms with van der Waals surface area (Å²) in [6.07, 6.45) is -4.43. The predicted octanol–water partition coefficient (Wildman–Crippen LogP) is 5.10. The summed E-state index contributed by atoms with van der Waals surface area (Å²) in [5.74, 6) is 0.290. The molecule has 0 saturated carbocycles. The van der Waals surface area contributed by atoms with Crippen LogP contribution in [0.3, 0.4) is 0 Å². The van der Waals surface area contributed by atoms with E-state index >= 15 is 0 Å². The second-order valence-corrected chi connectivity index (χ2v) is 8.17. The van der Waals surface area contributed by atoms with Crippen LogP contribution >= 0.6 is 23.4 Å². The van der Waals surface area contributed by atoms with E-state index in [-0.39, 0.29) is 23.5 Å². The number of anilines is 1. The molecule has 1 fully saturated rings. The number of hydrogen-bond donors (Lipinski definition) is 1. The van der Waals surface area contributed by atoms with Gasteiger partial charge in [-0.3, -0.25) is 4.79 Å². The van der Waals surface area contributed by atoms with E-state index in [1.54, 1.807) is 18.0 Å². The van der Waals surface area contributed by atoms with Crippen molar-refractivity contribution < 1.29 is 22.8 Å². The third-order valence-electron chi connectivity index (χ3n) is 4.63. The Bertz CT molecular complexity index is 924. The highest BCUT2D eigenvalue weighted by molar-refractivity contribution is 8.00. The SMILES string of the molecule is CN(CCN1C(=O)CSC1c1ccccc1Cl)C(=O)Nc1ccc(C(F)(F)F)cc1. The highest BCUT2D eigenvalue weighted by Crippen LogP contribution is 2.41. The molecule has 10 heteroatoms. The fourth-order valence-electron chi connectivity index (χ4n) is 2.95. The molecule has 1 aliphatic heterocycles. The van der Waals surface area contributed by atoms with E-state index in [4.69, 9.17) is 11.6 Å². The van der Waals surface area contributed by atoms with E-state index in [1.807, 2.05) is 18.2 Å². The summed E-state index contributed by atoms with van der Waals surface area (Å²) >= 11 is 7.74. The summed E-state index contributed by atoms with van der Waals surface area (Å²) in [6.45, 7) is 0.554. The van der Waals surface area contributed by atoms with Crippen molar-refractivity contribution in [1.29, 1.82) is 0 Å². The summed E-state index contributed by atoms with van der Waals surface area (Å²) in [4.78, 5) is 27.7. The zero-order valence-corrected chi connectivity index (χ0v) is 17.5. The minimum Gasteiger partial charge on any atom is -0.326 e. The van der Waals surface area contributed by atoms with E-state index in [1.165, 1.54) is 28.8 Å². The maximum absolute atomic E-state index is 12.6. The lowest BCUT2D eigenvalue weighted by Crippen LogP contribution is -2.39. The molecular weight excluding hydrogens is 439 g/mol. The number of halogens is 4. The van der Waals surface area contributed by atoms with Crippen LogP contribution in [-0.2, 0) is 11.0 Å². The lowest BCUT2D eigenvalue weighted by Gasteiger charge is -2.27. The maximum Gasteiger partial charge on any atom is 0.416 e. The molecule has 30 heavy (non-hydrogen) atoms. The number of alkyl halides is 3. The lowest BCUT2D eigenvalue weighted by atomic mass is 10.2. The second-order valence-electron chi connectivity index (χ2n) is 6.70. The van der Waals surface area contributed by atoms with Gasteiger partial charge in [-0.2, -0.15) is 13.2 Å². The fourth-order valence-corrected chi connectivity index (χ4v) is 4.51. The normalized spacial score (nSPS) is 16.6. The first-order chi connectivity index (χ1) is 14.2. The average Bonchev–Trinajstić information content (AvgIpc) is 3.06. The summed E-state index contributed by atoms with van der Waals surface area (Å²) in [6, 6.07) is 11.0. The van der Waals surface area contributed by atoms with Crippen LogP contribution in [0, 0.1) is 0 Å². The van der Waals surface area contributed by atoms with Crippen LogP contribution in [0.5, 0.6) is 0 Å². The predicted molar refractivity (Wildman–Crippen MR) is 111 cm³/mol. The molecule has 2 aromatic rings. The van der Waals surface area contributed by atoms with Crippen molar-refractivity contribution in [2.24, 2.45) is 0 Å². The Morgan fingerprint density at radius 3 is 2.53 bits per heavy atom. The molecule has 0 radical (unpaired) electrons. The summed E-state index contributed by atoms with van der Waals surface area (Å²) < 4.78 is 37.9. The molecule has 0 spiro atoms. The molecule has 3 amide bonds. The third kappa shape index (κ3) is 5.20. The van der Waals surface area contributed by atoms with Gasteiger partial charge in [0.05, 0.1) is 11.3 Å². The van der Waals surface area contributed by atoms with Gasteiger partial charge < -0.3 is 15.1 Å². The van der Waals surface area contributed by atoms with Gasteiger partial charge in [0.2, 0.25) is 5.91 Å². The zero-order chi connectivity index (χ0) is 21.9. The highest BCUT2D eigenvalue weighted by Gasteiger charge is 2.34. The van der Waals surface area contributed by atoms with Crippen LogP contribution in [-0.4, -0.2) is 47.6 Å². The molecular formula is C20H19ClF3N3O2S. The van der Waals surface area contributed by atoms with Crippen LogP contribution in [0.2, 0.25) is 5.02 Å². The smallest absolute Gasteiger partial charge is 0.326 e. The first-order valence-electron chi connectivity index (χ1n) is 9.01. The topological polar surface area (TPSA) is 52.7 Å². The quantitative estimate of drug-likeness (QED) is 0.680. The number of carbonyl (C=O) groups excluding carboxylic acids is 2. The second kappa shape index (κ2) is 9.18. The Labute approximate surface area is 181 Å². The van der Waals surface area contributed by atoms with Crippen molar-refractivity contribution in [3.63, 3.8) is 0 Å². The molecule has 3 rings (SSSR count). The Balaban J connectivity index is 1.58. The van der Waals surface area contributed by atoms with E-state index in [9.17, 15) is 22.8 Å². The molecule has 0 bridgehead atoms. The minimum absolute atomic E-state index is 0.0403. The molecule has 1 atom stereocenters. The lowest BCUT2D eigenvalue weighted by molar-refractivity contribution is -0.137. The van der Waals surface area contributed by atoms with Gasteiger partial charge in [-0.1, -0.05) is 29.8 Å². The number of nitrogens with one attached hydrogen (secondary N) is 1. The molecule has 1 unspecified atom stereocenters. The van der Waals surface area contributed by atoms with Crippen molar-refractivity contribution in [3.05, 3.63) is 64.7 Å². The molecule has 1 N–H and O–H groups in total. The maximum atomic E-state index is 12.6. The first kappa shape index (κ1) is 22.3. The summed E-state index contributed by atoms with van der Waals surface area (Å²) in [5.41, 5.74) is 0.304. The van der Waals surface area contributed by atoms with Crippen LogP contribution < -0.4 is 5.32 Å². The minimum atomic E-state index is -4.43. The third-order valence-corrected chi connectivity index (χ3v) is 6.21. The first-order valence-corrected chi connectivity index (χ1v) is 10.4. The largest absolute Gasteiger partial charge is 0.416 e. The van der Waals surface area contributed by atoms with Crippen LogP contribution in [0.4, 0.5) is 23.7 Å². The number of benzene rings is 2. The molecule has 1 aliphatic rings. The van der Waals surface area contributed by atoms with Gasteiger partial charge in [0, 0.05) is 36.4 Å². The Kier molecular flexibility index (Phi) is 6.82. The van der Waals surface area contributed by atoms with E-state index in [0.717, 1.165) is 17.7 Å². The number of thioether (sulfide) groups is 1. The number of amides is 3. The highest BCUT2D eigenvalue weighted by atomic mass is 35.5. The molecule has 2 aromatic carbocycles. The van der Waals surface area contributed by atoms with E-state index < -0.39 is 17.8 Å². The number of likely N-dealkylation sites (N-methyl/N-ethyl adjacent to an activating group) is 1. The number of hydrogen-bond acceptors (Lipinski definition) is 3. The van der Waals surface area contributed by atoms with Crippen molar-refractivity contribution in [2.75, 3.05) is 31.2 Å². The van der Waals surface area contributed by atoms with Crippen molar-refractivity contribution in [3.8, 4) is 0 Å². The molecule has 0 aliphatic carbocycles. The van der Waals surface area contributed by atoms with E-state index in [2.05, 4.69) is 5.32 Å². The summed E-state index contributed by atoms with van der Waals surface area (Å²) in [5, 5.41) is 2.90. The molecule has 5 nitrogen and oxygen atoms in total. The number of carbonyl (C=O) groups is 2. The van der Waals surface area contributed by atoms with Gasteiger partial charge >= 0.3 is 12.2 Å². The Hall–Kier alpha value is -2.39. The number of nitrogens with zero attached hydrogens (tertiary/aromatic N) is 2. The molecule has 160 valence electrons. The van der Waals surface area contributed by atoms with Crippen LogP contribution in [0.1, 0.15) is 16.5 Å². The van der Waals surface area contributed by atoms with Crippen molar-refractivity contribution in [1.82, 2.24) is 9.80 Å². The zero-order valence-electron chi connectivity index (χ0n) is 15.9. The van der Waals surface area contributed by atoms with Gasteiger partial charge in [0.1, 0.15) is 5.37 Å².